The van der Waals surface area contributed by atoms with Crippen LogP contribution in [-0.2, 0) is 4.79 Å². The number of hydrogen-bond acceptors (Lipinski definition) is 2. The number of nitrogens with zero attached hydrogens (tertiary/aromatic N) is 1. The van der Waals surface area contributed by atoms with Gasteiger partial charge in [0.25, 0.3) is 0 Å². The minimum Gasteiger partial charge on any atom is -0.341 e. The van der Waals surface area contributed by atoms with Gasteiger partial charge in [-0.05, 0) is 32.2 Å². The van der Waals surface area contributed by atoms with Gasteiger partial charge in [0.15, 0.2) is 0 Å². The second-order valence-electron chi connectivity index (χ2n) is 4.30. The van der Waals surface area contributed by atoms with Gasteiger partial charge >= 0.3 is 0 Å². The van der Waals surface area contributed by atoms with Gasteiger partial charge in [0, 0.05) is 13.1 Å². The lowest BCUT2D eigenvalue weighted by Crippen LogP contribution is -2.44. The molecule has 1 heterocycles. The predicted octanol–water partition coefficient (Wildman–Crippen LogP) is 1.24. The molecule has 0 aromatic carbocycles. The van der Waals surface area contributed by atoms with Crippen LogP contribution >= 0.6 is 0 Å². The molecule has 2 atom stereocenters. The van der Waals surface area contributed by atoms with Crippen molar-refractivity contribution in [3.05, 3.63) is 0 Å². The largest absolute Gasteiger partial charge is 0.341 e. The standard InChI is InChI=1S/C11H22N2O/c1-4-6-13-7-5-9(2)8-10(12-3)11(13)14/h9-10,12H,4-8H2,1-3H3. The summed E-state index contributed by atoms with van der Waals surface area (Å²) in [6.07, 6.45) is 3.18. The summed E-state index contributed by atoms with van der Waals surface area (Å²) < 4.78 is 0. The van der Waals surface area contributed by atoms with Crippen molar-refractivity contribution in [3.63, 3.8) is 0 Å². The summed E-state index contributed by atoms with van der Waals surface area (Å²) in [5, 5.41) is 3.12. The Bertz CT molecular complexity index is 194. The number of carbonyl (C=O) groups is 1. The number of hydrogen-bond donors (Lipinski definition) is 1. The van der Waals surface area contributed by atoms with Crippen LogP contribution in [0.15, 0.2) is 0 Å². The first-order chi connectivity index (χ1) is 6.69. The van der Waals surface area contributed by atoms with Crippen molar-refractivity contribution < 1.29 is 4.79 Å². The molecule has 1 amide bonds. The van der Waals surface area contributed by atoms with E-state index in [0.29, 0.717) is 11.8 Å². The van der Waals surface area contributed by atoms with Crippen LogP contribution in [0.5, 0.6) is 0 Å². The Hall–Kier alpha value is -0.570. The van der Waals surface area contributed by atoms with Crippen LogP contribution in [0, 0.1) is 5.92 Å². The van der Waals surface area contributed by atoms with E-state index >= 15 is 0 Å². The van der Waals surface area contributed by atoms with Crippen molar-refractivity contribution in [2.45, 2.75) is 39.2 Å². The zero-order chi connectivity index (χ0) is 10.6. The van der Waals surface area contributed by atoms with E-state index in [4.69, 9.17) is 0 Å². The molecule has 0 radical (unpaired) electrons. The molecule has 0 bridgehead atoms. The Morgan fingerprint density at radius 3 is 2.86 bits per heavy atom. The second-order valence-corrected chi connectivity index (χ2v) is 4.30. The average molecular weight is 198 g/mol. The van der Waals surface area contributed by atoms with Gasteiger partial charge in [-0.1, -0.05) is 13.8 Å². The fourth-order valence-electron chi connectivity index (χ4n) is 2.06. The predicted molar refractivity (Wildman–Crippen MR) is 58.1 cm³/mol. The van der Waals surface area contributed by atoms with Gasteiger partial charge < -0.3 is 10.2 Å². The van der Waals surface area contributed by atoms with Gasteiger partial charge in [-0.2, -0.15) is 0 Å². The maximum absolute atomic E-state index is 12.0. The summed E-state index contributed by atoms with van der Waals surface area (Å²) in [6.45, 7) is 6.19. The highest BCUT2D eigenvalue weighted by molar-refractivity contribution is 5.82. The Kier molecular flexibility index (Phi) is 4.39. The van der Waals surface area contributed by atoms with Gasteiger partial charge in [0.1, 0.15) is 0 Å². The first-order valence-electron chi connectivity index (χ1n) is 5.65. The smallest absolute Gasteiger partial charge is 0.239 e. The fraction of sp³-hybridized carbons (Fsp3) is 0.909. The van der Waals surface area contributed by atoms with Gasteiger partial charge in [0.2, 0.25) is 5.91 Å². The normalized spacial score (nSPS) is 29.1. The molecule has 14 heavy (non-hydrogen) atoms. The molecular formula is C11H22N2O. The zero-order valence-electron chi connectivity index (χ0n) is 9.55. The van der Waals surface area contributed by atoms with Crippen LogP contribution < -0.4 is 5.32 Å². The molecule has 1 aliphatic heterocycles. The SMILES string of the molecule is CCCN1CCC(C)CC(NC)C1=O. The summed E-state index contributed by atoms with van der Waals surface area (Å²) in [4.78, 5) is 14.0. The molecule has 82 valence electrons. The van der Waals surface area contributed by atoms with E-state index in [9.17, 15) is 4.79 Å². The summed E-state index contributed by atoms with van der Waals surface area (Å²) in [7, 11) is 1.88. The summed E-state index contributed by atoms with van der Waals surface area (Å²) in [5.41, 5.74) is 0. The number of nitrogens with one attached hydrogen (secondary N) is 1. The van der Waals surface area contributed by atoms with Crippen molar-refractivity contribution >= 4 is 5.91 Å². The highest BCUT2D eigenvalue weighted by atomic mass is 16.2. The quantitative estimate of drug-likeness (QED) is 0.740. The van der Waals surface area contributed by atoms with E-state index < -0.39 is 0 Å². The first kappa shape index (κ1) is 11.5. The Balaban J connectivity index is 2.64. The lowest BCUT2D eigenvalue weighted by atomic mass is 10.0. The van der Waals surface area contributed by atoms with Crippen LogP contribution in [0.25, 0.3) is 0 Å². The lowest BCUT2D eigenvalue weighted by Gasteiger charge is -2.23. The van der Waals surface area contributed by atoms with Crippen molar-refractivity contribution in [1.29, 1.82) is 0 Å². The number of rotatable bonds is 3. The van der Waals surface area contributed by atoms with Crippen LogP contribution in [0.4, 0.5) is 0 Å². The molecule has 0 spiro atoms. The van der Waals surface area contributed by atoms with Crippen LogP contribution in [0.3, 0.4) is 0 Å². The zero-order valence-corrected chi connectivity index (χ0v) is 9.55. The molecular weight excluding hydrogens is 176 g/mol. The van der Waals surface area contributed by atoms with E-state index in [1.807, 2.05) is 11.9 Å². The van der Waals surface area contributed by atoms with Gasteiger partial charge in [0.05, 0.1) is 6.04 Å². The number of likely N-dealkylation sites (tertiary alicyclic amines) is 1. The fourth-order valence-corrected chi connectivity index (χ4v) is 2.06. The molecule has 0 aliphatic carbocycles. The average Bonchev–Trinajstić information content (AvgIpc) is 2.31. The highest BCUT2D eigenvalue weighted by Crippen LogP contribution is 2.18. The topological polar surface area (TPSA) is 32.3 Å². The number of likely N-dealkylation sites (N-methyl/N-ethyl adjacent to an activating group) is 1. The summed E-state index contributed by atoms with van der Waals surface area (Å²) in [5.74, 6) is 0.942. The van der Waals surface area contributed by atoms with Crippen molar-refractivity contribution in [2.24, 2.45) is 5.92 Å². The molecule has 0 saturated carbocycles. The molecule has 0 aromatic rings. The minimum atomic E-state index is 0.0408. The monoisotopic (exact) mass is 198 g/mol. The number of carbonyl (C=O) groups excluding carboxylic acids is 1. The summed E-state index contributed by atoms with van der Waals surface area (Å²) in [6, 6.07) is 0.0408. The van der Waals surface area contributed by atoms with Crippen LogP contribution in [0.2, 0.25) is 0 Å². The van der Waals surface area contributed by atoms with E-state index in [-0.39, 0.29) is 6.04 Å². The molecule has 0 aromatic heterocycles. The lowest BCUT2D eigenvalue weighted by molar-refractivity contribution is -0.132. The molecule has 1 aliphatic rings. The molecule has 3 nitrogen and oxygen atoms in total. The Labute approximate surface area is 86.9 Å². The van der Waals surface area contributed by atoms with E-state index in [1.54, 1.807) is 0 Å². The van der Waals surface area contributed by atoms with Crippen molar-refractivity contribution in [1.82, 2.24) is 10.2 Å². The van der Waals surface area contributed by atoms with E-state index in [0.717, 1.165) is 32.4 Å². The molecule has 1 N–H and O–H groups in total. The van der Waals surface area contributed by atoms with Gasteiger partial charge in [-0.15, -0.1) is 0 Å². The molecule has 1 saturated heterocycles. The van der Waals surface area contributed by atoms with E-state index in [1.165, 1.54) is 0 Å². The minimum absolute atomic E-state index is 0.0408. The Morgan fingerprint density at radius 2 is 2.29 bits per heavy atom. The van der Waals surface area contributed by atoms with E-state index in [2.05, 4.69) is 19.2 Å². The maximum atomic E-state index is 12.0. The van der Waals surface area contributed by atoms with Crippen LogP contribution in [-0.4, -0.2) is 37.0 Å². The van der Waals surface area contributed by atoms with Gasteiger partial charge in [-0.3, -0.25) is 4.79 Å². The van der Waals surface area contributed by atoms with Crippen molar-refractivity contribution in [2.75, 3.05) is 20.1 Å². The van der Waals surface area contributed by atoms with Crippen molar-refractivity contribution in [3.8, 4) is 0 Å². The third kappa shape index (κ3) is 2.71. The molecule has 2 unspecified atom stereocenters. The maximum Gasteiger partial charge on any atom is 0.239 e. The Morgan fingerprint density at radius 1 is 1.57 bits per heavy atom. The second kappa shape index (κ2) is 5.35. The molecule has 1 fully saturated rings. The van der Waals surface area contributed by atoms with Gasteiger partial charge in [-0.25, -0.2) is 0 Å². The summed E-state index contributed by atoms with van der Waals surface area (Å²) >= 11 is 0. The third-order valence-electron chi connectivity index (χ3n) is 2.98. The van der Waals surface area contributed by atoms with Crippen LogP contribution in [0.1, 0.15) is 33.1 Å². The molecule has 1 rings (SSSR count). The first-order valence-corrected chi connectivity index (χ1v) is 5.65. The third-order valence-corrected chi connectivity index (χ3v) is 2.98. The number of amides is 1. The molecule has 3 heteroatoms. The highest BCUT2D eigenvalue weighted by Gasteiger charge is 2.27.